The number of aryl methyl sites for hydroxylation is 4. The Bertz CT molecular complexity index is 826. The standard InChI is InChI=1S/C26H29.3ClH.Ti/c1-17-11-18(2)14-22(13-17)26(23-15-19(3)12-20(4)16-23)25-10-9-21-7-5-6-8-24(21)25;;;;/h5-8,10-16,21,24-26H,9H2,1-4H3;3*1H;/q;;;;+3/p-3. The van der Waals surface area contributed by atoms with E-state index in [4.69, 9.17) is 0 Å². The van der Waals surface area contributed by atoms with Crippen LogP contribution in [0.25, 0.3) is 0 Å². The predicted octanol–water partition coefficient (Wildman–Crippen LogP) is -2.22. The molecule has 0 heterocycles. The van der Waals surface area contributed by atoms with Gasteiger partial charge in [0.15, 0.2) is 0 Å². The molecular formula is C26H29Cl3Ti. The molecule has 0 amide bonds. The molecule has 0 aromatic heterocycles. The van der Waals surface area contributed by atoms with E-state index in [0.29, 0.717) is 23.7 Å². The Kier molecular flexibility index (Phi) is 10.5. The summed E-state index contributed by atoms with van der Waals surface area (Å²) < 4.78 is 0.721. The summed E-state index contributed by atoms with van der Waals surface area (Å²) in [6.45, 7) is 8.94. The summed E-state index contributed by atoms with van der Waals surface area (Å²) in [6, 6.07) is 14.3. The van der Waals surface area contributed by atoms with E-state index in [1.54, 1.807) is 0 Å². The summed E-state index contributed by atoms with van der Waals surface area (Å²) >= 11 is 2.48. The zero-order chi connectivity index (χ0) is 19.1. The van der Waals surface area contributed by atoms with Crippen molar-refractivity contribution in [2.75, 3.05) is 0 Å². The van der Waals surface area contributed by atoms with Crippen molar-refractivity contribution in [2.45, 2.75) is 44.3 Å². The van der Waals surface area contributed by atoms with E-state index in [-0.39, 0.29) is 37.2 Å². The predicted molar refractivity (Wildman–Crippen MR) is 111 cm³/mol. The molecular weight excluding hydrogens is 467 g/mol. The van der Waals surface area contributed by atoms with Gasteiger partial charge in [-0.3, -0.25) is 0 Å². The molecule has 0 spiro atoms. The van der Waals surface area contributed by atoms with Gasteiger partial charge < -0.3 is 37.2 Å². The first kappa shape index (κ1) is 27.5. The normalized spacial score (nSPS) is 24.0. The van der Waals surface area contributed by atoms with Crippen LogP contribution in [-0.2, 0) is 20.4 Å². The van der Waals surface area contributed by atoms with Gasteiger partial charge in [0.25, 0.3) is 0 Å². The van der Waals surface area contributed by atoms with Crippen molar-refractivity contribution in [3.8, 4) is 0 Å². The smallest absolute Gasteiger partial charge is 1.00 e. The molecule has 158 valence electrons. The number of halogens is 3. The third-order valence-electron chi connectivity index (χ3n) is 6.32. The van der Waals surface area contributed by atoms with Crippen LogP contribution in [0.4, 0.5) is 0 Å². The number of benzene rings is 2. The first-order chi connectivity index (χ1) is 12.9. The second-order valence-corrected chi connectivity index (χ2v) is 9.91. The number of hydrogen-bond donors (Lipinski definition) is 0. The molecule has 0 aliphatic heterocycles. The second-order valence-electron chi connectivity index (χ2n) is 8.75. The monoisotopic (exact) mass is 494 g/mol. The minimum Gasteiger partial charge on any atom is -1.00 e. The third-order valence-corrected chi connectivity index (χ3v) is 7.29. The molecule has 4 atom stereocenters. The van der Waals surface area contributed by atoms with E-state index in [1.807, 2.05) is 0 Å². The van der Waals surface area contributed by atoms with Crippen LogP contribution in [0, 0.1) is 45.4 Å². The zero-order valence-corrected chi connectivity index (χ0v) is 21.8. The summed E-state index contributed by atoms with van der Waals surface area (Å²) in [5.41, 5.74) is 8.50. The Morgan fingerprint density at radius 1 is 0.700 bits per heavy atom. The molecule has 0 saturated heterocycles. The van der Waals surface area contributed by atoms with E-state index in [9.17, 15) is 0 Å². The average Bonchev–Trinajstić information content (AvgIpc) is 2.90. The number of hydrogen-bond acceptors (Lipinski definition) is 0. The average molecular weight is 496 g/mol. The van der Waals surface area contributed by atoms with Crippen LogP contribution in [0.5, 0.6) is 0 Å². The van der Waals surface area contributed by atoms with Gasteiger partial charge in [0.1, 0.15) is 0 Å². The van der Waals surface area contributed by atoms with Crippen molar-refractivity contribution in [3.63, 3.8) is 0 Å². The Morgan fingerprint density at radius 3 is 1.60 bits per heavy atom. The summed E-state index contributed by atoms with van der Waals surface area (Å²) in [7, 11) is 0. The molecule has 2 aromatic rings. The Balaban J connectivity index is 0.00000150. The van der Waals surface area contributed by atoms with E-state index in [1.165, 1.54) is 39.8 Å². The summed E-state index contributed by atoms with van der Waals surface area (Å²) in [5, 5.41) is 0. The Labute approximate surface area is 212 Å². The van der Waals surface area contributed by atoms with Crippen LogP contribution < -0.4 is 37.2 Å². The number of allylic oxidation sites excluding steroid dienone is 4. The van der Waals surface area contributed by atoms with Crippen LogP contribution in [0.1, 0.15) is 45.7 Å². The second kappa shape index (κ2) is 11.4. The fourth-order valence-electron chi connectivity index (χ4n) is 5.51. The van der Waals surface area contributed by atoms with Crippen LogP contribution in [0.3, 0.4) is 0 Å². The molecule has 0 radical (unpaired) electrons. The zero-order valence-electron chi connectivity index (χ0n) is 18.0. The molecule has 4 rings (SSSR count). The van der Waals surface area contributed by atoms with Crippen LogP contribution in [0.2, 0.25) is 4.22 Å². The largest absolute Gasteiger partial charge is 1.00 e. The molecule has 1 fully saturated rings. The topological polar surface area (TPSA) is 0 Å². The van der Waals surface area contributed by atoms with Gasteiger partial charge >= 0.3 is 177 Å². The Hall–Kier alpha value is -0.496. The van der Waals surface area contributed by atoms with Gasteiger partial charge in [-0.25, -0.2) is 0 Å². The van der Waals surface area contributed by atoms with Gasteiger partial charge in [-0.1, -0.05) is 0 Å². The molecule has 0 bridgehead atoms. The number of fused-ring (bicyclic) bond motifs is 1. The fourth-order valence-corrected chi connectivity index (χ4v) is 6.58. The molecule has 4 unspecified atom stereocenters. The Morgan fingerprint density at radius 2 is 1.13 bits per heavy atom. The SMILES string of the molecule is Cc1cc(C)cc(C(c2cc(C)cc(C)c2)C2[CH]([Ti+3])CC3C=CC=CC32)c1.[Cl-].[Cl-].[Cl-]. The molecule has 2 aliphatic carbocycles. The van der Waals surface area contributed by atoms with Crippen molar-refractivity contribution in [3.05, 3.63) is 94.1 Å². The van der Waals surface area contributed by atoms with E-state index >= 15 is 0 Å². The number of rotatable bonds is 3. The van der Waals surface area contributed by atoms with Crippen LogP contribution in [0.15, 0.2) is 60.7 Å². The quantitative estimate of drug-likeness (QED) is 0.424. The first-order valence-electron chi connectivity index (χ1n) is 10.1. The summed E-state index contributed by atoms with van der Waals surface area (Å²) in [4.78, 5) is 0. The molecule has 0 N–H and O–H groups in total. The van der Waals surface area contributed by atoms with Gasteiger partial charge in [-0.05, 0) is 0 Å². The molecule has 1 saturated carbocycles. The fraction of sp³-hybridized carbons (Fsp3) is 0.385. The van der Waals surface area contributed by atoms with E-state index in [2.05, 4.69) is 109 Å². The maximum atomic E-state index is 2.48. The van der Waals surface area contributed by atoms with Gasteiger partial charge in [0.05, 0.1) is 0 Å². The van der Waals surface area contributed by atoms with Gasteiger partial charge in [-0.2, -0.15) is 0 Å². The van der Waals surface area contributed by atoms with Gasteiger partial charge in [0, 0.05) is 0 Å². The molecule has 30 heavy (non-hydrogen) atoms. The molecule has 0 nitrogen and oxygen atoms in total. The minimum absolute atomic E-state index is 0. The van der Waals surface area contributed by atoms with E-state index < -0.39 is 0 Å². The van der Waals surface area contributed by atoms with Crippen LogP contribution in [-0.4, -0.2) is 0 Å². The maximum Gasteiger partial charge on any atom is -1.00 e. The van der Waals surface area contributed by atoms with Crippen molar-refractivity contribution >= 4 is 0 Å². The summed E-state index contributed by atoms with van der Waals surface area (Å²) in [6.07, 6.45) is 10.8. The van der Waals surface area contributed by atoms with Crippen LogP contribution >= 0.6 is 0 Å². The van der Waals surface area contributed by atoms with Crippen molar-refractivity contribution in [1.29, 1.82) is 0 Å². The molecule has 4 heteroatoms. The first-order valence-corrected chi connectivity index (χ1v) is 11.0. The van der Waals surface area contributed by atoms with Gasteiger partial charge in [0.2, 0.25) is 0 Å². The molecule has 2 aromatic carbocycles. The van der Waals surface area contributed by atoms with Crippen molar-refractivity contribution in [2.24, 2.45) is 17.8 Å². The summed E-state index contributed by atoms with van der Waals surface area (Å²) in [5.74, 6) is 2.47. The maximum absolute atomic E-state index is 2.48. The van der Waals surface area contributed by atoms with Gasteiger partial charge in [-0.15, -0.1) is 0 Å². The molecule has 2 aliphatic rings. The van der Waals surface area contributed by atoms with E-state index in [0.717, 1.165) is 4.22 Å². The van der Waals surface area contributed by atoms with Crippen molar-refractivity contribution < 1.29 is 57.7 Å². The van der Waals surface area contributed by atoms with Crippen molar-refractivity contribution in [1.82, 2.24) is 0 Å². The third kappa shape index (κ3) is 5.64. The minimum atomic E-state index is 0.